The molecule has 0 aromatic heterocycles. The summed E-state index contributed by atoms with van der Waals surface area (Å²) in [6, 6.07) is -0.651. The second-order valence-electron chi connectivity index (χ2n) is 4.48. The number of rotatable bonds is 5. The standard InChI is InChI=1S/C12H20N2O3/c1-8(2)5-6-9(11(13)15)14-12(16)10-4-3-7-17-10/h5,9-10H,3-4,6-7H2,1-2H3,(H2,13,15)(H,14,16)/t9-,10-/m0/s1. The fraction of sp³-hybridized carbons (Fsp3) is 0.667. The highest BCUT2D eigenvalue weighted by molar-refractivity contribution is 5.88. The Morgan fingerprint density at radius 3 is 2.71 bits per heavy atom. The predicted octanol–water partition coefficient (Wildman–Crippen LogP) is 0.492. The van der Waals surface area contributed by atoms with E-state index >= 15 is 0 Å². The maximum absolute atomic E-state index is 11.7. The van der Waals surface area contributed by atoms with Gasteiger partial charge in [-0.15, -0.1) is 0 Å². The van der Waals surface area contributed by atoms with Crippen LogP contribution in [-0.4, -0.2) is 30.6 Å². The van der Waals surface area contributed by atoms with Crippen molar-refractivity contribution in [3.05, 3.63) is 11.6 Å². The molecule has 0 spiro atoms. The maximum atomic E-state index is 11.7. The fourth-order valence-electron chi connectivity index (χ4n) is 1.65. The van der Waals surface area contributed by atoms with Crippen molar-refractivity contribution in [2.45, 2.75) is 45.3 Å². The van der Waals surface area contributed by atoms with Gasteiger partial charge in [-0.1, -0.05) is 11.6 Å². The smallest absolute Gasteiger partial charge is 0.249 e. The van der Waals surface area contributed by atoms with Gasteiger partial charge in [0.15, 0.2) is 0 Å². The molecule has 1 rings (SSSR count). The first-order valence-corrected chi connectivity index (χ1v) is 5.85. The number of hydrogen-bond donors (Lipinski definition) is 2. The summed E-state index contributed by atoms with van der Waals surface area (Å²) in [5, 5.41) is 2.63. The summed E-state index contributed by atoms with van der Waals surface area (Å²) in [5.41, 5.74) is 6.33. The van der Waals surface area contributed by atoms with Gasteiger partial charge < -0.3 is 15.8 Å². The van der Waals surface area contributed by atoms with Crippen LogP contribution in [0.4, 0.5) is 0 Å². The lowest BCUT2D eigenvalue weighted by Gasteiger charge is -2.16. The molecule has 0 bridgehead atoms. The van der Waals surface area contributed by atoms with E-state index in [4.69, 9.17) is 10.5 Å². The van der Waals surface area contributed by atoms with Crippen LogP contribution in [0.1, 0.15) is 33.1 Å². The van der Waals surface area contributed by atoms with Crippen LogP contribution in [0.3, 0.4) is 0 Å². The molecule has 0 aliphatic carbocycles. The molecule has 3 N–H and O–H groups in total. The summed E-state index contributed by atoms with van der Waals surface area (Å²) < 4.78 is 5.24. The van der Waals surface area contributed by atoms with Crippen LogP contribution < -0.4 is 11.1 Å². The van der Waals surface area contributed by atoms with Crippen molar-refractivity contribution in [2.24, 2.45) is 5.73 Å². The van der Waals surface area contributed by atoms with Gasteiger partial charge in [0.2, 0.25) is 11.8 Å². The molecule has 2 atom stereocenters. The number of nitrogens with one attached hydrogen (secondary N) is 1. The number of ether oxygens (including phenoxy) is 1. The van der Waals surface area contributed by atoms with E-state index in [9.17, 15) is 9.59 Å². The van der Waals surface area contributed by atoms with E-state index in [0.29, 0.717) is 19.4 Å². The third kappa shape index (κ3) is 4.56. The first-order chi connectivity index (χ1) is 8.00. The summed E-state index contributed by atoms with van der Waals surface area (Å²) in [4.78, 5) is 22.9. The van der Waals surface area contributed by atoms with E-state index in [0.717, 1.165) is 12.0 Å². The molecular formula is C12H20N2O3. The van der Waals surface area contributed by atoms with Crippen LogP contribution in [0, 0.1) is 0 Å². The van der Waals surface area contributed by atoms with Gasteiger partial charge in [0.25, 0.3) is 0 Å². The maximum Gasteiger partial charge on any atom is 0.249 e. The van der Waals surface area contributed by atoms with Gasteiger partial charge in [-0.25, -0.2) is 0 Å². The Hall–Kier alpha value is -1.36. The zero-order valence-electron chi connectivity index (χ0n) is 10.4. The van der Waals surface area contributed by atoms with Crippen LogP contribution in [0.15, 0.2) is 11.6 Å². The highest BCUT2D eigenvalue weighted by Crippen LogP contribution is 2.12. The average molecular weight is 240 g/mol. The summed E-state index contributed by atoms with van der Waals surface area (Å²) in [6.45, 7) is 4.47. The topological polar surface area (TPSA) is 81.4 Å². The minimum absolute atomic E-state index is 0.242. The Balaban J connectivity index is 2.51. The lowest BCUT2D eigenvalue weighted by Crippen LogP contribution is -2.47. The lowest BCUT2D eigenvalue weighted by atomic mass is 10.1. The van der Waals surface area contributed by atoms with Crippen molar-refractivity contribution in [1.82, 2.24) is 5.32 Å². The summed E-state index contributed by atoms with van der Waals surface area (Å²) in [5.74, 6) is -0.762. The largest absolute Gasteiger partial charge is 0.368 e. The monoisotopic (exact) mass is 240 g/mol. The zero-order valence-corrected chi connectivity index (χ0v) is 10.4. The van der Waals surface area contributed by atoms with E-state index in [1.807, 2.05) is 19.9 Å². The van der Waals surface area contributed by atoms with Gasteiger partial charge in [-0.2, -0.15) is 0 Å². The number of hydrogen-bond acceptors (Lipinski definition) is 3. The Morgan fingerprint density at radius 2 is 2.24 bits per heavy atom. The van der Waals surface area contributed by atoms with Crippen molar-refractivity contribution in [3.63, 3.8) is 0 Å². The molecule has 96 valence electrons. The van der Waals surface area contributed by atoms with Crippen LogP contribution in [0.5, 0.6) is 0 Å². The average Bonchev–Trinajstić information content (AvgIpc) is 2.76. The van der Waals surface area contributed by atoms with E-state index < -0.39 is 18.1 Å². The van der Waals surface area contributed by atoms with Crippen molar-refractivity contribution in [2.75, 3.05) is 6.61 Å². The van der Waals surface area contributed by atoms with Crippen LogP contribution >= 0.6 is 0 Å². The molecule has 1 saturated heterocycles. The van der Waals surface area contributed by atoms with Gasteiger partial charge in [0.1, 0.15) is 12.1 Å². The van der Waals surface area contributed by atoms with Crippen LogP contribution in [0.2, 0.25) is 0 Å². The second kappa shape index (κ2) is 6.39. The fourth-order valence-corrected chi connectivity index (χ4v) is 1.65. The molecule has 1 aliphatic heterocycles. The third-order valence-electron chi connectivity index (χ3n) is 2.64. The number of nitrogens with two attached hydrogens (primary N) is 1. The highest BCUT2D eigenvalue weighted by atomic mass is 16.5. The first kappa shape index (κ1) is 13.7. The molecule has 1 aliphatic rings. The Labute approximate surface area is 101 Å². The van der Waals surface area contributed by atoms with Crippen LogP contribution in [0.25, 0.3) is 0 Å². The highest BCUT2D eigenvalue weighted by Gasteiger charge is 2.26. The molecule has 0 unspecified atom stereocenters. The lowest BCUT2D eigenvalue weighted by molar-refractivity contribution is -0.133. The summed E-state index contributed by atoms with van der Waals surface area (Å²) in [7, 11) is 0. The number of allylic oxidation sites excluding steroid dienone is 1. The zero-order chi connectivity index (χ0) is 12.8. The molecule has 2 amide bonds. The second-order valence-corrected chi connectivity index (χ2v) is 4.48. The molecule has 1 heterocycles. The van der Waals surface area contributed by atoms with Gasteiger partial charge in [0.05, 0.1) is 0 Å². The van der Waals surface area contributed by atoms with Crippen molar-refractivity contribution in [1.29, 1.82) is 0 Å². The molecule has 0 aromatic carbocycles. The van der Waals surface area contributed by atoms with Crippen molar-refractivity contribution >= 4 is 11.8 Å². The normalized spacial score (nSPS) is 20.7. The third-order valence-corrected chi connectivity index (χ3v) is 2.64. The van der Waals surface area contributed by atoms with Gasteiger partial charge in [0, 0.05) is 6.61 Å². The Kier molecular flexibility index (Phi) is 5.15. The Morgan fingerprint density at radius 1 is 1.53 bits per heavy atom. The number of carbonyl (C=O) groups is 2. The summed E-state index contributed by atoms with van der Waals surface area (Å²) in [6.07, 6.45) is 3.47. The van der Waals surface area contributed by atoms with Gasteiger partial charge >= 0.3 is 0 Å². The first-order valence-electron chi connectivity index (χ1n) is 5.85. The van der Waals surface area contributed by atoms with Gasteiger partial charge in [-0.3, -0.25) is 9.59 Å². The van der Waals surface area contributed by atoms with Crippen molar-refractivity contribution < 1.29 is 14.3 Å². The molecular weight excluding hydrogens is 220 g/mol. The molecule has 5 nitrogen and oxygen atoms in total. The number of carbonyl (C=O) groups excluding carboxylic acids is 2. The van der Waals surface area contributed by atoms with E-state index in [2.05, 4.69) is 5.32 Å². The molecule has 1 fully saturated rings. The molecule has 0 aromatic rings. The molecule has 0 saturated carbocycles. The minimum Gasteiger partial charge on any atom is -0.368 e. The SMILES string of the molecule is CC(C)=CC[C@H](NC(=O)[C@@H]1CCCO1)C(N)=O. The van der Waals surface area contributed by atoms with E-state index in [1.54, 1.807) is 0 Å². The van der Waals surface area contributed by atoms with Gasteiger partial charge in [-0.05, 0) is 33.1 Å². The Bertz CT molecular complexity index is 316. The molecule has 0 radical (unpaired) electrons. The van der Waals surface area contributed by atoms with E-state index in [-0.39, 0.29) is 5.91 Å². The number of primary amides is 1. The van der Waals surface area contributed by atoms with Crippen molar-refractivity contribution in [3.8, 4) is 0 Å². The predicted molar refractivity (Wildman–Crippen MR) is 64.1 cm³/mol. The molecule has 5 heteroatoms. The quantitative estimate of drug-likeness (QED) is 0.686. The van der Waals surface area contributed by atoms with E-state index in [1.165, 1.54) is 0 Å². The van der Waals surface area contributed by atoms with Crippen LogP contribution in [-0.2, 0) is 14.3 Å². The number of amides is 2. The summed E-state index contributed by atoms with van der Waals surface area (Å²) >= 11 is 0. The molecule has 17 heavy (non-hydrogen) atoms. The minimum atomic E-state index is -0.651.